The maximum absolute atomic E-state index is 11.8. The van der Waals surface area contributed by atoms with E-state index in [-0.39, 0.29) is 11.3 Å². The molecule has 4 nitrogen and oxygen atoms in total. The molecular formula is C14H12N2O2. The summed E-state index contributed by atoms with van der Waals surface area (Å²) in [6.45, 7) is 3.44. The van der Waals surface area contributed by atoms with Crippen molar-refractivity contribution < 1.29 is 9.90 Å². The molecule has 2 N–H and O–H groups in total. The molecule has 0 atom stereocenters. The van der Waals surface area contributed by atoms with Crippen molar-refractivity contribution in [3.05, 3.63) is 54.6 Å². The van der Waals surface area contributed by atoms with E-state index in [1.54, 1.807) is 12.1 Å². The summed E-state index contributed by atoms with van der Waals surface area (Å²) in [5.74, 6) is -0.531. The van der Waals surface area contributed by atoms with E-state index in [2.05, 4.69) is 17.1 Å². The Morgan fingerprint density at radius 2 is 1.94 bits per heavy atom. The number of carbonyl (C=O) groups is 1. The van der Waals surface area contributed by atoms with Gasteiger partial charge in [-0.15, -0.1) is 0 Å². The monoisotopic (exact) mass is 240 g/mol. The van der Waals surface area contributed by atoms with Crippen LogP contribution in [-0.4, -0.2) is 17.2 Å². The smallest absolute Gasteiger partial charge is 0.275 e. The van der Waals surface area contributed by atoms with Gasteiger partial charge in [0, 0.05) is 6.21 Å². The van der Waals surface area contributed by atoms with E-state index in [1.165, 1.54) is 12.3 Å². The molecule has 0 radical (unpaired) electrons. The van der Waals surface area contributed by atoms with Crippen LogP contribution in [0.3, 0.4) is 0 Å². The first-order valence-corrected chi connectivity index (χ1v) is 5.38. The molecule has 0 aliphatic rings. The molecule has 4 heteroatoms. The molecule has 0 saturated heterocycles. The Balaban J connectivity index is 2.38. The van der Waals surface area contributed by atoms with Crippen molar-refractivity contribution in [2.24, 2.45) is 5.10 Å². The number of hydrogen-bond donors (Lipinski definition) is 2. The minimum Gasteiger partial charge on any atom is -0.507 e. The molecule has 90 valence electrons. The van der Waals surface area contributed by atoms with Crippen molar-refractivity contribution in [1.29, 1.82) is 0 Å². The topological polar surface area (TPSA) is 61.7 Å². The quantitative estimate of drug-likeness (QED) is 0.639. The largest absolute Gasteiger partial charge is 0.507 e. The Hall–Kier alpha value is -2.62. The van der Waals surface area contributed by atoms with Crippen LogP contribution in [0.25, 0.3) is 10.8 Å². The first kappa shape index (κ1) is 11.9. The lowest BCUT2D eigenvalue weighted by molar-refractivity contribution is 0.0952. The van der Waals surface area contributed by atoms with Crippen LogP contribution in [0.4, 0.5) is 0 Å². The maximum atomic E-state index is 11.8. The summed E-state index contributed by atoms with van der Waals surface area (Å²) >= 11 is 0. The van der Waals surface area contributed by atoms with Gasteiger partial charge in [0.05, 0.1) is 5.56 Å². The Morgan fingerprint density at radius 3 is 2.61 bits per heavy atom. The van der Waals surface area contributed by atoms with Crippen LogP contribution in [0.2, 0.25) is 0 Å². The minimum absolute atomic E-state index is 0.0694. The molecule has 0 aliphatic carbocycles. The van der Waals surface area contributed by atoms with Gasteiger partial charge in [-0.05, 0) is 29.0 Å². The highest BCUT2D eigenvalue weighted by molar-refractivity contribution is 6.01. The average molecular weight is 240 g/mol. The van der Waals surface area contributed by atoms with Crippen LogP contribution in [-0.2, 0) is 0 Å². The Kier molecular flexibility index (Phi) is 3.38. The number of benzene rings is 2. The normalized spacial score (nSPS) is 10.7. The van der Waals surface area contributed by atoms with E-state index < -0.39 is 5.91 Å². The number of hydrazone groups is 1. The number of hydrogen-bond acceptors (Lipinski definition) is 3. The van der Waals surface area contributed by atoms with E-state index in [9.17, 15) is 9.90 Å². The molecule has 1 amide bonds. The standard InChI is InChI=1S/C14H12N2O2/c1-2-7-15-16-14(18)12-8-10-5-3-4-6-11(10)9-13(12)17/h2-9,17H,1H2,(H,16,18)/b15-7+. The fourth-order valence-corrected chi connectivity index (χ4v) is 1.62. The van der Waals surface area contributed by atoms with Crippen molar-refractivity contribution in [1.82, 2.24) is 5.43 Å². The number of nitrogens with zero attached hydrogens (tertiary/aromatic N) is 1. The number of aromatic hydroxyl groups is 1. The number of rotatable bonds is 3. The lowest BCUT2D eigenvalue weighted by Crippen LogP contribution is -2.17. The van der Waals surface area contributed by atoms with E-state index >= 15 is 0 Å². The highest BCUT2D eigenvalue weighted by Crippen LogP contribution is 2.24. The molecule has 0 aromatic heterocycles. The molecule has 0 heterocycles. The van der Waals surface area contributed by atoms with Gasteiger partial charge < -0.3 is 5.11 Å². The van der Waals surface area contributed by atoms with Gasteiger partial charge in [-0.2, -0.15) is 5.10 Å². The Bertz CT molecular complexity index is 633. The number of phenols is 1. The average Bonchev–Trinajstić information content (AvgIpc) is 2.38. The second-order valence-corrected chi connectivity index (χ2v) is 3.67. The highest BCUT2D eigenvalue weighted by Gasteiger charge is 2.11. The van der Waals surface area contributed by atoms with Gasteiger partial charge >= 0.3 is 0 Å². The SMILES string of the molecule is C=C/C=N/NC(=O)c1cc2ccccc2cc1O. The highest BCUT2D eigenvalue weighted by atomic mass is 16.3. The van der Waals surface area contributed by atoms with Gasteiger partial charge in [-0.25, -0.2) is 5.43 Å². The van der Waals surface area contributed by atoms with Crippen molar-refractivity contribution >= 4 is 22.9 Å². The van der Waals surface area contributed by atoms with Crippen molar-refractivity contribution in [3.63, 3.8) is 0 Å². The summed E-state index contributed by atoms with van der Waals surface area (Å²) < 4.78 is 0. The molecule has 0 aliphatic heterocycles. The zero-order valence-electron chi connectivity index (χ0n) is 9.63. The lowest BCUT2D eigenvalue weighted by Gasteiger charge is -2.05. The van der Waals surface area contributed by atoms with Gasteiger partial charge in [-0.1, -0.05) is 30.8 Å². The van der Waals surface area contributed by atoms with Crippen molar-refractivity contribution in [3.8, 4) is 5.75 Å². The van der Waals surface area contributed by atoms with Crippen molar-refractivity contribution in [2.75, 3.05) is 0 Å². The summed E-state index contributed by atoms with van der Waals surface area (Å²) in [4.78, 5) is 11.8. The molecule has 2 aromatic carbocycles. The lowest BCUT2D eigenvalue weighted by atomic mass is 10.1. The first-order valence-electron chi connectivity index (χ1n) is 5.38. The van der Waals surface area contributed by atoms with Gasteiger partial charge in [0.15, 0.2) is 0 Å². The van der Waals surface area contributed by atoms with E-state index in [4.69, 9.17) is 0 Å². The number of amides is 1. The zero-order chi connectivity index (χ0) is 13.0. The van der Waals surface area contributed by atoms with Crippen molar-refractivity contribution in [2.45, 2.75) is 0 Å². The number of carbonyl (C=O) groups excluding carboxylic acids is 1. The number of fused-ring (bicyclic) bond motifs is 1. The minimum atomic E-state index is -0.462. The summed E-state index contributed by atoms with van der Waals surface area (Å²) in [5, 5.41) is 15.2. The van der Waals surface area contributed by atoms with Crippen LogP contribution in [0.15, 0.2) is 54.2 Å². The van der Waals surface area contributed by atoms with Gasteiger partial charge in [-0.3, -0.25) is 4.79 Å². The summed E-state index contributed by atoms with van der Waals surface area (Å²) in [7, 11) is 0. The molecule has 0 saturated carbocycles. The Morgan fingerprint density at radius 1 is 1.28 bits per heavy atom. The molecule has 2 rings (SSSR count). The van der Waals surface area contributed by atoms with Crippen LogP contribution >= 0.6 is 0 Å². The van der Waals surface area contributed by atoms with Gasteiger partial charge in [0.1, 0.15) is 5.75 Å². The predicted molar refractivity (Wildman–Crippen MR) is 71.8 cm³/mol. The number of allylic oxidation sites excluding steroid dienone is 1. The van der Waals surface area contributed by atoms with E-state index in [0.29, 0.717) is 0 Å². The molecule has 0 fully saturated rings. The summed E-state index contributed by atoms with van der Waals surface area (Å²) in [6.07, 6.45) is 2.80. The molecule has 18 heavy (non-hydrogen) atoms. The van der Waals surface area contributed by atoms with Crippen LogP contribution in [0, 0.1) is 0 Å². The third-order valence-electron chi connectivity index (χ3n) is 2.45. The van der Waals surface area contributed by atoms with E-state index in [0.717, 1.165) is 10.8 Å². The van der Waals surface area contributed by atoms with Crippen LogP contribution < -0.4 is 5.43 Å². The number of nitrogens with one attached hydrogen (secondary N) is 1. The first-order chi connectivity index (χ1) is 8.72. The molecule has 0 spiro atoms. The van der Waals surface area contributed by atoms with Gasteiger partial charge in [0.25, 0.3) is 5.91 Å². The van der Waals surface area contributed by atoms with Gasteiger partial charge in [0.2, 0.25) is 0 Å². The predicted octanol–water partition coefficient (Wildman–Crippen LogP) is 2.45. The zero-order valence-corrected chi connectivity index (χ0v) is 9.63. The molecule has 0 bridgehead atoms. The van der Waals surface area contributed by atoms with Crippen LogP contribution in [0.1, 0.15) is 10.4 Å². The van der Waals surface area contributed by atoms with Crippen LogP contribution in [0.5, 0.6) is 5.75 Å². The fraction of sp³-hybridized carbons (Fsp3) is 0. The number of phenolic OH excluding ortho intramolecular Hbond substituents is 1. The maximum Gasteiger partial charge on any atom is 0.275 e. The molecule has 0 unspecified atom stereocenters. The summed E-state index contributed by atoms with van der Waals surface area (Å²) in [5.41, 5.74) is 2.49. The molecule has 2 aromatic rings. The third-order valence-corrected chi connectivity index (χ3v) is 2.45. The third kappa shape index (κ3) is 2.38. The second kappa shape index (κ2) is 5.14. The molecular weight excluding hydrogens is 228 g/mol. The fourth-order valence-electron chi connectivity index (χ4n) is 1.62. The summed E-state index contributed by atoms with van der Waals surface area (Å²) in [6, 6.07) is 10.7. The van der Waals surface area contributed by atoms with E-state index in [1.807, 2.05) is 24.3 Å². The second-order valence-electron chi connectivity index (χ2n) is 3.67. The Labute approximate surface area is 104 Å².